The van der Waals surface area contributed by atoms with Crippen molar-refractivity contribution in [1.82, 2.24) is 5.32 Å². The molecule has 1 heterocycles. The molecular formula is C29H40N2O9. The summed E-state index contributed by atoms with van der Waals surface area (Å²) in [5.41, 5.74) is 6.12. The first-order chi connectivity index (χ1) is 18.8. The first-order valence-corrected chi connectivity index (χ1v) is 13.0. The third-order valence-corrected chi connectivity index (χ3v) is 6.95. The fraction of sp³-hybridized carbons (Fsp3) is 0.517. The molecule has 0 radical (unpaired) electrons. The monoisotopic (exact) mass is 560 g/mol. The Labute approximate surface area is 234 Å². The van der Waals surface area contributed by atoms with E-state index in [0.717, 1.165) is 6.08 Å². The van der Waals surface area contributed by atoms with Crippen molar-refractivity contribution in [2.75, 3.05) is 21.3 Å². The lowest BCUT2D eigenvalue weighted by molar-refractivity contribution is -0.120. The number of methoxy groups -OCH3 is 3. The van der Waals surface area contributed by atoms with Crippen molar-refractivity contribution >= 4 is 23.6 Å². The van der Waals surface area contributed by atoms with E-state index in [-0.39, 0.29) is 34.9 Å². The van der Waals surface area contributed by atoms with E-state index in [2.05, 4.69) is 5.32 Å². The molecule has 1 aliphatic carbocycles. The molecule has 0 unspecified atom stereocenters. The van der Waals surface area contributed by atoms with Crippen LogP contribution in [0.25, 0.3) is 0 Å². The van der Waals surface area contributed by atoms with Gasteiger partial charge in [-0.15, -0.1) is 0 Å². The number of nitrogens with two attached hydrogens (primary N) is 1. The number of amides is 2. The summed E-state index contributed by atoms with van der Waals surface area (Å²) < 4.78 is 21.7. The summed E-state index contributed by atoms with van der Waals surface area (Å²) in [5.74, 6) is -2.39. The average Bonchev–Trinajstić information content (AvgIpc) is 2.90. The smallest absolute Gasteiger partial charge is 0.405 e. The topological polar surface area (TPSA) is 163 Å². The maximum Gasteiger partial charge on any atom is 0.405 e. The Kier molecular flexibility index (Phi) is 12.0. The van der Waals surface area contributed by atoms with E-state index >= 15 is 0 Å². The van der Waals surface area contributed by atoms with Gasteiger partial charge in [-0.3, -0.25) is 14.4 Å². The summed E-state index contributed by atoms with van der Waals surface area (Å²) in [4.78, 5) is 50.6. The highest BCUT2D eigenvalue weighted by Crippen LogP contribution is 2.29. The Morgan fingerprint density at radius 2 is 1.77 bits per heavy atom. The number of ketones is 2. The van der Waals surface area contributed by atoms with Gasteiger partial charge in [0.25, 0.3) is 5.91 Å². The van der Waals surface area contributed by atoms with Crippen LogP contribution in [0, 0.1) is 11.8 Å². The van der Waals surface area contributed by atoms with Gasteiger partial charge in [0.15, 0.2) is 11.9 Å². The van der Waals surface area contributed by atoms with E-state index in [4.69, 9.17) is 24.7 Å². The first-order valence-electron chi connectivity index (χ1n) is 13.0. The van der Waals surface area contributed by atoms with Gasteiger partial charge in [0.1, 0.15) is 6.10 Å². The van der Waals surface area contributed by atoms with E-state index in [1.54, 1.807) is 32.1 Å². The van der Waals surface area contributed by atoms with Crippen molar-refractivity contribution in [3.05, 3.63) is 58.6 Å². The summed E-state index contributed by atoms with van der Waals surface area (Å²) in [6.45, 7) is 6.92. The molecule has 4 N–H and O–H groups in total. The summed E-state index contributed by atoms with van der Waals surface area (Å²) in [5, 5.41) is 13.7. The fourth-order valence-electron chi connectivity index (χ4n) is 4.78. The van der Waals surface area contributed by atoms with Crippen LogP contribution in [-0.2, 0) is 33.3 Å². The predicted octanol–water partition coefficient (Wildman–Crippen LogP) is 2.41. The minimum absolute atomic E-state index is 0.0801. The van der Waals surface area contributed by atoms with E-state index in [0.29, 0.717) is 12.0 Å². The number of fused-ring (bicyclic) bond motifs is 2. The molecule has 2 rings (SSSR count). The highest BCUT2D eigenvalue weighted by Gasteiger charge is 2.34. The van der Waals surface area contributed by atoms with Gasteiger partial charge in [-0.05, 0) is 38.2 Å². The first kappa shape index (κ1) is 32.7. The number of carbonyl (C=O) groups excluding carboxylic acids is 4. The minimum atomic E-state index is -1.00. The summed E-state index contributed by atoms with van der Waals surface area (Å²) in [7, 11) is 4.21. The zero-order valence-electron chi connectivity index (χ0n) is 24.1. The SMILES string of the molecule is COC1=C2C[C@H](C)C[C@H](OC)[C@@H](O)[C@@H](C)C=C(C)[C@H](OC(N)=O)[C@@H](OC)C=CC=C(C)C(=O)NC(=CC1=O)C2=O. The number of hydrogen-bond acceptors (Lipinski definition) is 9. The number of rotatable bonds is 4. The van der Waals surface area contributed by atoms with Gasteiger partial charge in [0.2, 0.25) is 11.6 Å². The third kappa shape index (κ3) is 8.23. The Hall–Kier alpha value is -3.54. The molecule has 0 aromatic heterocycles. The van der Waals surface area contributed by atoms with Crippen LogP contribution in [0.1, 0.15) is 40.5 Å². The van der Waals surface area contributed by atoms with Crippen molar-refractivity contribution in [3.63, 3.8) is 0 Å². The number of aliphatic hydroxyl groups excluding tert-OH is 1. The lowest BCUT2D eigenvalue weighted by Gasteiger charge is -2.29. The highest BCUT2D eigenvalue weighted by molar-refractivity contribution is 6.23. The molecule has 2 amide bonds. The highest BCUT2D eigenvalue weighted by atomic mass is 16.6. The molecule has 40 heavy (non-hydrogen) atoms. The summed E-state index contributed by atoms with van der Waals surface area (Å²) in [6, 6.07) is 0. The molecule has 2 aliphatic rings. The van der Waals surface area contributed by atoms with Crippen LogP contribution in [0.4, 0.5) is 4.79 Å². The van der Waals surface area contributed by atoms with Crippen LogP contribution in [0.15, 0.2) is 58.6 Å². The number of aliphatic hydroxyl groups is 1. The number of primary amides is 1. The quantitative estimate of drug-likeness (QED) is 0.346. The van der Waals surface area contributed by atoms with Crippen molar-refractivity contribution in [2.24, 2.45) is 17.6 Å². The van der Waals surface area contributed by atoms with Crippen LogP contribution in [-0.4, -0.2) is 74.4 Å². The van der Waals surface area contributed by atoms with Crippen LogP contribution < -0.4 is 11.1 Å². The third-order valence-electron chi connectivity index (χ3n) is 6.95. The summed E-state index contributed by atoms with van der Waals surface area (Å²) >= 11 is 0. The van der Waals surface area contributed by atoms with Gasteiger partial charge in [-0.25, -0.2) is 4.79 Å². The molecule has 0 aromatic carbocycles. The van der Waals surface area contributed by atoms with E-state index in [9.17, 15) is 24.3 Å². The van der Waals surface area contributed by atoms with E-state index in [1.165, 1.54) is 34.3 Å². The predicted molar refractivity (Wildman–Crippen MR) is 147 cm³/mol. The van der Waals surface area contributed by atoms with Crippen LogP contribution in [0.3, 0.4) is 0 Å². The van der Waals surface area contributed by atoms with Gasteiger partial charge in [-0.1, -0.05) is 38.2 Å². The lowest BCUT2D eigenvalue weighted by atomic mass is 9.85. The maximum atomic E-state index is 13.3. The Balaban J connectivity index is 2.60. The fourth-order valence-corrected chi connectivity index (χ4v) is 4.78. The van der Waals surface area contributed by atoms with Gasteiger partial charge in [0.05, 0.1) is 25.0 Å². The maximum absolute atomic E-state index is 13.3. The van der Waals surface area contributed by atoms with Gasteiger partial charge in [-0.2, -0.15) is 0 Å². The van der Waals surface area contributed by atoms with Crippen LogP contribution >= 0.6 is 0 Å². The lowest BCUT2D eigenvalue weighted by Crippen LogP contribution is -2.37. The summed E-state index contributed by atoms with van der Waals surface area (Å²) in [6.07, 6.45) is 3.61. The molecule has 0 saturated carbocycles. The Morgan fingerprint density at radius 1 is 1.10 bits per heavy atom. The Morgan fingerprint density at radius 3 is 2.35 bits per heavy atom. The minimum Gasteiger partial charge on any atom is -0.492 e. The normalized spacial score (nSPS) is 29.3. The molecule has 1 aliphatic heterocycles. The number of hydrogen-bond donors (Lipinski definition) is 3. The van der Waals surface area contributed by atoms with Crippen molar-refractivity contribution in [2.45, 2.75) is 65.0 Å². The molecule has 0 fully saturated rings. The van der Waals surface area contributed by atoms with Gasteiger partial charge >= 0.3 is 6.09 Å². The zero-order chi connectivity index (χ0) is 30.1. The van der Waals surface area contributed by atoms with E-state index < -0.39 is 53.9 Å². The molecule has 11 nitrogen and oxygen atoms in total. The largest absolute Gasteiger partial charge is 0.492 e. The second-order valence-electron chi connectivity index (χ2n) is 10.1. The molecule has 2 bridgehead atoms. The van der Waals surface area contributed by atoms with Crippen molar-refractivity contribution < 1.29 is 43.2 Å². The number of allylic oxidation sites excluding steroid dienone is 4. The van der Waals surface area contributed by atoms with Gasteiger partial charge < -0.3 is 35.1 Å². The molecule has 6 atom stereocenters. The molecule has 0 saturated heterocycles. The van der Waals surface area contributed by atoms with Gasteiger partial charge in [0, 0.05) is 37.4 Å². The van der Waals surface area contributed by atoms with Crippen LogP contribution in [0.5, 0.6) is 0 Å². The Bertz CT molecular complexity index is 1150. The molecule has 0 aromatic rings. The zero-order valence-corrected chi connectivity index (χ0v) is 24.1. The van der Waals surface area contributed by atoms with Crippen LogP contribution in [0.2, 0.25) is 0 Å². The second-order valence-corrected chi connectivity index (χ2v) is 10.1. The average molecular weight is 561 g/mol. The second kappa shape index (κ2) is 14.7. The molecular weight excluding hydrogens is 520 g/mol. The molecule has 11 heteroatoms. The molecule has 220 valence electrons. The molecule has 0 spiro atoms. The van der Waals surface area contributed by atoms with Crippen molar-refractivity contribution in [1.29, 1.82) is 0 Å². The van der Waals surface area contributed by atoms with E-state index in [1.807, 2.05) is 6.92 Å². The number of ether oxygens (including phenoxy) is 4. The number of nitrogens with one attached hydrogen (secondary N) is 1. The number of carbonyl (C=O) groups is 4. The standard InChI is InChI=1S/C29H40N2O9/c1-15-11-19-25(34)20(14-21(32)27(19)39-7)31-28(35)16(2)9-8-10-22(37-5)26(40-29(30)36)18(4)13-17(3)24(33)23(12-15)38-6/h8-10,13-15,17,22-24,26,33H,11-12H2,1-7H3,(H2,30,36)(H,31,35)/t15-,17-,22-,23-,24-,26-/m0/s1. The van der Waals surface area contributed by atoms with Crippen molar-refractivity contribution in [3.8, 4) is 0 Å². The number of Topliss-reactive ketones (excluding diaryl/α,β-unsaturated/α-hetero) is 1.